The van der Waals surface area contributed by atoms with Crippen molar-refractivity contribution in [1.82, 2.24) is 15.1 Å². The van der Waals surface area contributed by atoms with Crippen molar-refractivity contribution in [3.05, 3.63) is 70.2 Å². The maximum Gasteiger partial charge on any atom is 0.251 e. The third-order valence-electron chi connectivity index (χ3n) is 6.33. The molecule has 33 heavy (non-hydrogen) atoms. The topological polar surface area (TPSA) is 52.7 Å². The molecule has 2 saturated heterocycles. The molecule has 0 aliphatic carbocycles. The predicted octanol–water partition coefficient (Wildman–Crippen LogP) is 5.11. The first-order valence-electron chi connectivity index (χ1n) is 11.9. The quantitative estimate of drug-likeness (QED) is 0.528. The molecule has 0 spiro atoms. The van der Waals surface area contributed by atoms with Gasteiger partial charge in [0.2, 0.25) is 5.91 Å². The first-order chi connectivity index (χ1) is 16.1. The minimum atomic E-state index is -0.0427. The fraction of sp³-hybridized carbons (Fsp3) is 0.462. The van der Waals surface area contributed by atoms with Gasteiger partial charge in [0.15, 0.2) is 0 Å². The third-order valence-corrected chi connectivity index (χ3v) is 7.84. The average Bonchev–Trinajstić information content (AvgIpc) is 3.01. The third kappa shape index (κ3) is 6.75. The molecule has 0 aromatic heterocycles. The second kappa shape index (κ2) is 11.9. The Bertz CT molecular complexity index is 928. The van der Waals surface area contributed by atoms with E-state index in [-0.39, 0.29) is 17.2 Å². The molecule has 2 aromatic carbocycles. The van der Waals surface area contributed by atoms with Crippen LogP contribution >= 0.6 is 23.4 Å². The maximum absolute atomic E-state index is 12.6. The molecule has 2 heterocycles. The van der Waals surface area contributed by atoms with Crippen molar-refractivity contribution in [2.75, 3.05) is 31.9 Å². The Labute approximate surface area is 205 Å². The molecule has 1 N–H and O–H groups in total. The Kier molecular flexibility index (Phi) is 8.70. The van der Waals surface area contributed by atoms with Crippen molar-refractivity contribution in [2.45, 2.75) is 44.0 Å². The highest BCUT2D eigenvalue weighted by atomic mass is 35.5. The fourth-order valence-electron chi connectivity index (χ4n) is 4.45. The zero-order chi connectivity index (χ0) is 23.0. The van der Waals surface area contributed by atoms with Crippen LogP contribution in [0.15, 0.2) is 48.5 Å². The summed E-state index contributed by atoms with van der Waals surface area (Å²) >= 11 is 7.61. The van der Waals surface area contributed by atoms with E-state index >= 15 is 0 Å². The van der Waals surface area contributed by atoms with E-state index < -0.39 is 0 Å². The highest BCUT2D eigenvalue weighted by Crippen LogP contribution is 2.39. The molecule has 0 bridgehead atoms. The van der Waals surface area contributed by atoms with Crippen molar-refractivity contribution in [1.29, 1.82) is 0 Å². The van der Waals surface area contributed by atoms with Gasteiger partial charge in [-0.3, -0.25) is 9.59 Å². The Balaban J connectivity index is 1.28. The van der Waals surface area contributed by atoms with Gasteiger partial charge >= 0.3 is 0 Å². The molecule has 7 heteroatoms. The van der Waals surface area contributed by atoms with Gasteiger partial charge in [-0.2, -0.15) is 0 Å². The van der Waals surface area contributed by atoms with Crippen LogP contribution in [0.3, 0.4) is 0 Å². The van der Waals surface area contributed by atoms with E-state index in [2.05, 4.69) is 10.2 Å². The van der Waals surface area contributed by atoms with Crippen LogP contribution in [0.25, 0.3) is 0 Å². The maximum atomic E-state index is 12.6. The average molecular weight is 486 g/mol. The molecule has 4 rings (SSSR count). The van der Waals surface area contributed by atoms with Gasteiger partial charge in [0.05, 0.1) is 5.75 Å². The van der Waals surface area contributed by atoms with Gasteiger partial charge in [0.1, 0.15) is 5.37 Å². The number of benzene rings is 2. The number of nitrogens with one attached hydrogen (secondary N) is 1. The van der Waals surface area contributed by atoms with E-state index in [0.29, 0.717) is 29.4 Å². The number of thioether (sulfide) groups is 1. The molecule has 176 valence electrons. The second-order valence-electron chi connectivity index (χ2n) is 8.80. The summed E-state index contributed by atoms with van der Waals surface area (Å²) in [6, 6.07) is 15.3. The highest BCUT2D eigenvalue weighted by molar-refractivity contribution is 8.00. The number of hydrogen-bond acceptors (Lipinski definition) is 4. The molecule has 1 atom stereocenters. The lowest BCUT2D eigenvalue weighted by Crippen LogP contribution is -2.30. The zero-order valence-corrected chi connectivity index (χ0v) is 20.5. The molecule has 2 amide bonds. The lowest BCUT2D eigenvalue weighted by Gasteiger charge is -2.24. The van der Waals surface area contributed by atoms with Crippen LogP contribution < -0.4 is 5.32 Å². The lowest BCUT2D eigenvalue weighted by atomic mass is 10.1. The van der Waals surface area contributed by atoms with Crippen LogP contribution in [0.1, 0.15) is 59.0 Å². The van der Waals surface area contributed by atoms with Gasteiger partial charge in [-0.15, -0.1) is 11.8 Å². The molecule has 2 aromatic rings. The van der Waals surface area contributed by atoms with E-state index in [1.807, 2.05) is 53.4 Å². The number of carbonyl (C=O) groups is 2. The molecule has 0 radical (unpaired) electrons. The van der Waals surface area contributed by atoms with Crippen molar-refractivity contribution in [2.24, 2.45) is 0 Å². The number of rotatable bonds is 8. The molecule has 2 aliphatic heterocycles. The number of carbonyl (C=O) groups excluding carboxylic acids is 2. The van der Waals surface area contributed by atoms with E-state index in [0.717, 1.165) is 24.1 Å². The SMILES string of the molecule is O=C(NCCCN1CCCCCC1)c1ccc([C@H]2SCC(=O)N2Cc2ccc(Cl)cc2)cc1. The molecule has 5 nitrogen and oxygen atoms in total. The molecular formula is C26H32ClN3O2S. The highest BCUT2D eigenvalue weighted by Gasteiger charge is 2.32. The van der Waals surface area contributed by atoms with E-state index in [9.17, 15) is 9.59 Å². The fourth-order valence-corrected chi connectivity index (χ4v) is 5.77. The summed E-state index contributed by atoms with van der Waals surface area (Å²) in [4.78, 5) is 29.5. The summed E-state index contributed by atoms with van der Waals surface area (Å²) in [5.74, 6) is 0.564. The summed E-state index contributed by atoms with van der Waals surface area (Å²) < 4.78 is 0. The molecule has 2 aliphatic rings. The Hall–Kier alpha value is -2.02. The number of hydrogen-bond donors (Lipinski definition) is 1. The van der Waals surface area contributed by atoms with Crippen LogP contribution in [0, 0.1) is 0 Å². The van der Waals surface area contributed by atoms with Crippen LogP contribution in [0.2, 0.25) is 5.02 Å². The van der Waals surface area contributed by atoms with Crippen LogP contribution in [0.5, 0.6) is 0 Å². The molecule has 0 saturated carbocycles. The summed E-state index contributed by atoms with van der Waals surface area (Å²) in [7, 11) is 0. The summed E-state index contributed by atoms with van der Waals surface area (Å²) in [5, 5.41) is 3.70. The Morgan fingerprint density at radius 2 is 1.70 bits per heavy atom. The van der Waals surface area contributed by atoms with E-state index in [1.54, 1.807) is 11.8 Å². The smallest absolute Gasteiger partial charge is 0.251 e. The predicted molar refractivity (Wildman–Crippen MR) is 136 cm³/mol. The lowest BCUT2D eigenvalue weighted by molar-refractivity contribution is -0.128. The Morgan fingerprint density at radius 3 is 2.39 bits per heavy atom. The van der Waals surface area contributed by atoms with Crippen molar-refractivity contribution >= 4 is 35.2 Å². The van der Waals surface area contributed by atoms with Gasteiger partial charge in [-0.1, -0.05) is 48.7 Å². The minimum Gasteiger partial charge on any atom is -0.352 e. The Morgan fingerprint density at radius 1 is 1.00 bits per heavy atom. The molecule has 0 unspecified atom stereocenters. The number of nitrogens with zero attached hydrogens (tertiary/aromatic N) is 2. The van der Waals surface area contributed by atoms with Gasteiger partial charge in [-0.25, -0.2) is 0 Å². The normalized spacial score (nSPS) is 19.5. The summed E-state index contributed by atoms with van der Waals surface area (Å²) in [6.45, 7) is 4.67. The van der Waals surface area contributed by atoms with Gasteiger partial charge in [-0.05, 0) is 74.3 Å². The number of amides is 2. The van der Waals surface area contributed by atoms with Crippen LogP contribution in [-0.4, -0.2) is 53.5 Å². The second-order valence-corrected chi connectivity index (χ2v) is 10.3. The summed E-state index contributed by atoms with van der Waals surface area (Å²) in [5.41, 5.74) is 2.75. The first kappa shape index (κ1) is 24.1. The van der Waals surface area contributed by atoms with Gasteiger partial charge in [0.25, 0.3) is 5.91 Å². The van der Waals surface area contributed by atoms with E-state index in [1.165, 1.54) is 38.8 Å². The minimum absolute atomic E-state index is 0.0365. The monoisotopic (exact) mass is 485 g/mol. The number of likely N-dealkylation sites (tertiary alicyclic amines) is 1. The standard InChI is InChI=1S/C26H32ClN3O2S/c27-23-12-6-20(7-13-23)18-30-24(31)19-33-26(30)22-10-8-21(9-11-22)25(32)28-14-5-17-29-15-3-1-2-4-16-29/h6-13,26H,1-5,14-19H2,(H,28,32)/t26-/m1/s1. The first-order valence-corrected chi connectivity index (χ1v) is 13.3. The van der Waals surface area contributed by atoms with Gasteiger partial charge in [0, 0.05) is 23.7 Å². The van der Waals surface area contributed by atoms with Crippen molar-refractivity contribution in [3.8, 4) is 0 Å². The van der Waals surface area contributed by atoms with Crippen LogP contribution in [0.4, 0.5) is 0 Å². The molecule has 2 fully saturated rings. The number of halogens is 1. The van der Waals surface area contributed by atoms with Crippen molar-refractivity contribution in [3.63, 3.8) is 0 Å². The van der Waals surface area contributed by atoms with Crippen LogP contribution in [-0.2, 0) is 11.3 Å². The zero-order valence-electron chi connectivity index (χ0n) is 19.0. The van der Waals surface area contributed by atoms with Crippen molar-refractivity contribution < 1.29 is 9.59 Å². The summed E-state index contributed by atoms with van der Waals surface area (Å²) in [6.07, 6.45) is 6.25. The van der Waals surface area contributed by atoms with Gasteiger partial charge < -0.3 is 15.1 Å². The van der Waals surface area contributed by atoms with E-state index in [4.69, 9.17) is 11.6 Å². The largest absolute Gasteiger partial charge is 0.352 e. The molecular weight excluding hydrogens is 454 g/mol.